The molecule has 2 aromatic carbocycles. The van der Waals surface area contributed by atoms with Gasteiger partial charge < -0.3 is 14.5 Å². The fraction of sp³-hybridized carbons (Fsp3) is 0.435. The molecule has 4 nitrogen and oxygen atoms in total. The van der Waals surface area contributed by atoms with E-state index in [0.29, 0.717) is 28.5 Å². The maximum atomic E-state index is 12.6. The van der Waals surface area contributed by atoms with E-state index < -0.39 is 0 Å². The Kier molecular flexibility index (Phi) is 5.73. The van der Waals surface area contributed by atoms with Crippen molar-refractivity contribution >= 4 is 21.9 Å². The van der Waals surface area contributed by atoms with Gasteiger partial charge in [0.15, 0.2) is 0 Å². The zero-order chi connectivity index (χ0) is 18.5. The van der Waals surface area contributed by atoms with Crippen molar-refractivity contribution < 1.29 is 9.15 Å². The highest BCUT2D eigenvalue weighted by atomic mass is 16.5. The van der Waals surface area contributed by atoms with E-state index in [2.05, 4.69) is 5.32 Å². The Labute approximate surface area is 159 Å². The molecular weight excluding hydrogens is 338 g/mol. The lowest BCUT2D eigenvalue weighted by Gasteiger charge is -2.22. The Morgan fingerprint density at radius 2 is 1.78 bits per heavy atom. The summed E-state index contributed by atoms with van der Waals surface area (Å²) < 4.78 is 11.8. The van der Waals surface area contributed by atoms with Crippen LogP contribution in [0.5, 0.6) is 5.75 Å². The second kappa shape index (κ2) is 8.57. The Hall–Kier alpha value is -2.33. The largest absolute Gasteiger partial charge is 0.493 e. The molecule has 0 radical (unpaired) electrons. The van der Waals surface area contributed by atoms with Gasteiger partial charge >= 0.3 is 0 Å². The molecular formula is C23H27NO3. The maximum absolute atomic E-state index is 12.6. The van der Waals surface area contributed by atoms with Crippen LogP contribution in [0.25, 0.3) is 21.9 Å². The SMILES string of the molecule is O=c1c2ccccc2oc2cc(OCCCCNC3CCCCC3)ccc12. The Balaban J connectivity index is 1.31. The fourth-order valence-electron chi connectivity index (χ4n) is 3.90. The lowest BCUT2D eigenvalue weighted by atomic mass is 9.95. The van der Waals surface area contributed by atoms with Crippen LogP contribution in [0.2, 0.25) is 0 Å². The van der Waals surface area contributed by atoms with Crippen LogP contribution in [0.15, 0.2) is 51.7 Å². The first-order chi connectivity index (χ1) is 13.3. The van der Waals surface area contributed by atoms with Crippen LogP contribution in [0.4, 0.5) is 0 Å². The van der Waals surface area contributed by atoms with E-state index in [9.17, 15) is 4.79 Å². The number of fused-ring (bicyclic) bond motifs is 2. The van der Waals surface area contributed by atoms with Gasteiger partial charge in [0.2, 0.25) is 5.43 Å². The number of unbranched alkanes of at least 4 members (excludes halogenated alkanes) is 1. The average molecular weight is 365 g/mol. The minimum Gasteiger partial charge on any atom is -0.493 e. The summed E-state index contributed by atoms with van der Waals surface area (Å²) in [6, 6.07) is 13.5. The van der Waals surface area contributed by atoms with Gasteiger partial charge in [0, 0.05) is 12.1 Å². The molecule has 0 bridgehead atoms. The Morgan fingerprint density at radius 3 is 2.67 bits per heavy atom. The van der Waals surface area contributed by atoms with E-state index in [0.717, 1.165) is 31.2 Å². The molecule has 0 unspecified atom stereocenters. The van der Waals surface area contributed by atoms with Crippen LogP contribution in [-0.4, -0.2) is 19.2 Å². The summed E-state index contributed by atoms with van der Waals surface area (Å²) in [5, 5.41) is 4.87. The van der Waals surface area contributed by atoms with Crippen LogP contribution in [0.3, 0.4) is 0 Å². The lowest BCUT2D eigenvalue weighted by molar-refractivity contribution is 0.301. The second-order valence-electron chi connectivity index (χ2n) is 7.43. The van der Waals surface area contributed by atoms with Crippen LogP contribution in [0.1, 0.15) is 44.9 Å². The smallest absolute Gasteiger partial charge is 0.200 e. The predicted molar refractivity (Wildman–Crippen MR) is 110 cm³/mol. The monoisotopic (exact) mass is 365 g/mol. The summed E-state index contributed by atoms with van der Waals surface area (Å²) in [4.78, 5) is 12.6. The van der Waals surface area contributed by atoms with Gasteiger partial charge in [-0.2, -0.15) is 0 Å². The number of benzene rings is 2. The minimum atomic E-state index is 0.00665. The Morgan fingerprint density at radius 1 is 0.963 bits per heavy atom. The van der Waals surface area contributed by atoms with Crippen LogP contribution in [0, 0.1) is 0 Å². The number of rotatable bonds is 7. The molecule has 1 saturated carbocycles. The van der Waals surface area contributed by atoms with Gasteiger partial charge in [-0.15, -0.1) is 0 Å². The van der Waals surface area contributed by atoms with Crippen molar-refractivity contribution in [2.45, 2.75) is 51.0 Å². The third kappa shape index (κ3) is 4.33. The first-order valence-corrected chi connectivity index (χ1v) is 10.1. The molecule has 142 valence electrons. The van der Waals surface area contributed by atoms with Gasteiger partial charge in [0.1, 0.15) is 16.9 Å². The van der Waals surface area contributed by atoms with Gasteiger partial charge in [-0.05, 0) is 56.5 Å². The molecule has 0 spiro atoms. The molecule has 3 aromatic rings. The highest BCUT2D eigenvalue weighted by Gasteiger charge is 2.12. The number of nitrogens with one attached hydrogen (secondary N) is 1. The van der Waals surface area contributed by atoms with E-state index >= 15 is 0 Å². The van der Waals surface area contributed by atoms with Crippen molar-refractivity contribution in [1.29, 1.82) is 0 Å². The van der Waals surface area contributed by atoms with Crippen molar-refractivity contribution in [3.63, 3.8) is 0 Å². The molecule has 27 heavy (non-hydrogen) atoms. The summed E-state index contributed by atoms with van der Waals surface area (Å²) >= 11 is 0. The normalized spacial score (nSPS) is 15.4. The molecule has 0 atom stereocenters. The molecule has 1 aliphatic rings. The quantitative estimate of drug-likeness (QED) is 0.471. The number of hydrogen-bond donors (Lipinski definition) is 1. The Bertz CT molecular complexity index is 957. The summed E-state index contributed by atoms with van der Waals surface area (Å²) in [7, 11) is 0. The van der Waals surface area contributed by atoms with Crippen LogP contribution < -0.4 is 15.5 Å². The molecule has 1 fully saturated rings. The predicted octanol–water partition coefficient (Wildman–Crippen LogP) is 5.03. The molecule has 0 saturated heterocycles. The third-order valence-electron chi connectivity index (χ3n) is 5.43. The van der Waals surface area contributed by atoms with Crippen molar-refractivity contribution in [3.8, 4) is 5.75 Å². The highest BCUT2D eigenvalue weighted by molar-refractivity contribution is 5.90. The summed E-state index contributed by atoms with van der Waals surface area (Å²) in [5.74, 6) is 0.751. The summed E-state index contributed by atoms with van der Waals surface area (Å²) in [5.41, 5.74) is 1.20. The number of hydrogen-bond acceptors (Lipinski definition) is 4. The zero-order valence-corrected chi connectivity index (χ0v) is 15.7. The van der Waals surface area contributed by atoms with Gasteiger partial charge in [-0.25, -0.2) is 0 Å². The van der Waals surface area contributed by atoms with Crippen LogP contribution in [-0.2, 0) is 0 Å². The van der Waals surface area contributed by atoms with E-state index in [1.807, 2.05) is 30.3 Å². The van der Waals surface area contributed by atoms with E-state index in [1.165, 1.54) is 32.1 Å². The molecule has 4 heteroatoms. The second-order valence-corrected chi connectivity index (χ2v) is 7.43. The van der Waals surface area contributed by atoms with E-state index in [1.54, 1.807) is 12.1 Å². The zero-order valence-electron chi connectivity index (χ0n) is 15.7. The summed E-state index contributed by atoms with van der Waals surface area (Å²) in [6.45, 7) is 1.74. The van der Waals surface area contributed by atoms with Gasteiger partial charge in [0.05, 0.1) is 17.4 Å². The molecule has 1 aromatic heterocycles. The molecule has 1 heterocycles. The maximum Gasteiger partial charge on any atom is 0.200 e. The summed E-state index contributed by atoms with van der Waals surface area (Å²) in [6.07, 6.45) is 8.92. The molecule has 1 N–H and O–H groups in total. The van der Waals surface area contributed by atoms with Gasteiger partial charge in [0.25, 0.3) is 0 Å². The third-order valence-corrected chi connectivity index (χ3v) is 5.43. The number of ether oxygens (including phenoxy) is 1. The van der Waals surface area contributed by atoms with Crippen molar-refractivity contribution in [2.24, 2.45) is 0 Å². The first kappa shape index (κ1) is 18.1. The average Bonchev–Trinajstić information content (AvgIpc) is 2.71. The molecule has 1 aliphatic carbocycles. The topological polar surface area (TPSA) is 51.5 Å². The van der Waals surface area contributed by atoms with E-state index in [-0.39, 0.29) is 5.43 Å². The fourth-order valence-corrected chi connectivity index (χ4v) is 3.90. The minimum absolute atomic E-state index is 0.00665. The van der Waals surface area contributed by atoms with Crippen molar-refractivity contribution in [1.82, 2.24) is 5.32 Å². The standard InChI is InChI=1S/C23H27NO3/c25-23-19-10-4-5-11-21(19)27-22-16-18(12-13-20(22)23)26-15-7-6-14-24-17-8-2-1-3-9-17/h4-5,10-13,16-17,24H,1-3,6-9,14-15H2. The molecule has 0 aliphatic heterocycles. The first-order valence-electron chi connectivity index (χ1n) is 10.1. The van der Waals surface area contributed by atoms with Gasteiger partial charge in [-0.1, -0.05) is 31.4 Å². The molecule has 0 amide bonds. The lowest BCUT2D eigenvalue weighted by Crippen LogP contribution is -2.31. The van der Waals surface area contributed by atoms with E-state index in [4.69, 9.17) is 9.15 Å². The van der Waals surface area contributed by atoms with Gasteiger partial charge in [-0.3, -0.25) is 4.79 Å². The molecule has 4 rings (SSSR count). The number of para-hydroxylation sites is 1. The highest BCUT2D eigenvalue weighted by Crippen LogP contribution is 2.23. The van der Waals surface area contributed by atoms with Crippen molar-refractivity contribution in [3.05, 3.63) is 52.7 Å². The van der Waals surface area contributed by atoms with Crippen molar-refractivity contribution in [2.75, 3.05) is 13.2 Å². The van der Waals surface area contributed by atoms with Crippen LogP contribution >= 0.6 is 0 Å².